The molecule has 0 bridgehead atoms. The largest absolute Gasteiger partial charge is 0.475 e. The zero-order chi connectivity index (χ0) is 18.0. The Labute approximate surface area is 164 Å². The lowest BCUT2D eigenvalue weighted by Crippen LogP contribution is -2.18. The van der Waals surface area contributed by atoms with Crippen LogP contribution in [0.25, 0.3) is 0 Å². The first-order chi connectivity index (χ1) is 12.0. The summed E-state index contributed by atoms with van der Waals surface area (Å²) in [4.78, 5) is 14.9. The van der Waals surface area contributed by atoms with Gasteiger partial charge in [0.1, 0.15) is 12.6 Å². The second-order valence-corrected chi connectivity index (χ2v) is 7.17. The quantitative estimate of drug-likeness (QED) is 0.690. The van der Waals surface area contributed by atoms with Crippen LogP contribution in [0.5, 0.6) is 0 Å². The molecule has 1 heterocycles. The van der Waals surface area contributed by atoms with Gasteiger partial charge in [-0.15, -0.1) is 0 Å². The van der Waals surface area contributed by atoms with Gasteiger partial charge in [0.25, 0.3) is 5.91 Å². The van der Waals surface area contributed by atoms with Gasteiger partial charge in [0, 0.05) is 26.9 Å². The Morgan fingerprint density at radius 1 is 1.12 bits per heavy atom. The van der Waals surface area contributed by atoms with Crippen LogP contribution >= 0.6 is 46.4 Å². The molecule has 130 valence electrons. The van der Waals surface area contributed by atoms with Crippen molar-refractivity contribution in [1.29, 1.82) is 0 Å². The lowest BCUT2D eigenvalue weighted by molar-refractivity contribution is -0.114. The summed E-state index contributed by atoms with van der Waals surface area (Å²) in [6.07, 6.45) is 0. The van der Waals surface area contributed by atoms with E-state index in [4.69, 9.17) is 51.1 Å². The molecule has 3 rings (SSSR count). The molecule has 2 aromatic rings. The summed E-state index contributed by atoms with van der Waals surface area (Å²) in [5.41, 5.74) is 2.10. The van der Waals surface area contributed by atoms with Crippen LogP contribution in [0.15, 0.2) is 47.5 Å². The Morgan fingerprint density at radius 2 is 1.76 bits per heavy atom. The van der Waals surface area contributed by atoms with Gasteiger partial charge < -0.3 is 10.1 Å². The molecule has 1 aliphatic rings. The number of anilines is 1. The highest BCUT2D eigenvalue weighted by molar-refractivity contribution is 6.54. The van der Waals surface area contributed by atoms with E-state index in [1.54, 1.807) is 42.5 Å². The van der Waals surface area contributed by atoms with E-state index in [0.717, 1.165) is 11.1 Å². The number of carbonyl (C=O) groups excluding carboxylic acids is 1. The lowest BCUT2D eigenvalue weighted by Gasteiger charge is -2.09. The first kappa shape index (κ1) is 18.3. The Hall–Kier alpha value is -1.46. The molecule has 0 saturated heterocycles. The predicted molar refractivity (Wildman–Crippen MR) is 102 cm³/mol. The van der Waals surface area contributed by atoms with Gasteiger partial charge in [0.15, 0.2) is 4.84 Å². The van der Waals surface area contributed by atoms with Crippen molar-refractivity contribution >= 4 is 63.9 Å². The fourth-order valence-corrected chi connectivity index (χ4v) is 3.16. The SMILES string of the molecule is O=C(Nc1ccc(C2=NC(c3c(Cl)cccc3Cl)CO2)cc1)C(Cl)Cl. The number of ether oxygens (including phenoxy) is 1. The Balaban J connectivity index is 1.78. The molecule has 4 nitrogen and oxygen atoms in total. The van der Waals surface area contributed by atoms with E-state index >= 15 is 0 Å². The Kier molecular flexibility index (Phi) is 5.74. The molecule has 1 unspecified atom stereocenters. The fraction of sp³-hybridized carbons (Fsp3) is 0.176. The third-order valence-corrected chi connectivity index (χ3v) is 4.64. The Morgan fingerprint density at radius 3 is 2.36 bits per heavy atom. The highest BCUT2D eigenvalue weighted by Crippen LogP contribution is 2.35. The van der Waals surface area contributed by atoms with Gasteiger partial charge in [-0.25, -0.2) is 4.99 Å². The minimum atomic E-state index is -1.12. The third kappa shape index (κ3) is 4.21. The van der Waals surface area contributed by atoms with Gasteiger partial charge in [-0.3, -0.25) is 4.79 Å². The maximum absolute atomic E-state index is 11.5. The first-order valence-corrected chi connectivity index (χ1v) is 8.92. The van der Waals surface area contributed by atoms with Crippen LogP contribution < -0.4 is 5.32 Å². The van der Waals surface area contributed by atoms with E-state index in [1.807, 2.05) is 0 Å². The van der Waals surface area contributed by atoms with Crippen molar-refractivity contribution in [1.82, 2.24) is 0 Å². The van der Waals surface area contributed by atoms with Gasteiger partial charge in [-0.05, 0) is 36.4 Å². The minimum absolute atomic E-state index is 0.260. The number of amides is 1. The van der Waals surface area contributed by atoms with E-state index in [1.165, 1.54) is 0 Å². The molecular weight excluding hydrogens is 406 g/mol. The maximum atomic E-state index is 11.5. The van der Waals surface area contributed by atoms with E-state index in [0.29, 0.717) is 28.2 Å². The minimum Gasteiger partial charge on any atom is -0.475 e. The lowest BCUT2D eigenvalue weighted by atomic mass is 10.1. The second-order valence-electron chi connectivity index (χ2n) is 5.26. The predicted octanol–water partition coefficient (Wildman–Crippen LogP) is 5.25. The molecular formula is C17H12Cl4N2O2. The standard InChI is InChI=1S/C17H12Cl4N2O2/c18-11-2-1-3-12(19)14(11)13-8-25-17(23-13)9-4-6-10(7-5-9)22-16(24)15(20)21/h1-7,13,15H,8H2,(H,22,24). The van der Waals surface area contributed by atoms with Gasteiger partial charge in [0.05, 0.1) is 0 Å². The number of nitrogens with one attached hydrogen (secondary N) is 1. The van der Waals surface area contributed by atoms with E-state index in [2.05, 4.69) is 10.3 Å². The van der Waals surface area contributed by atoms with Crippen LogP contribution in [0, 0.1) is 0 Å². The topological polar surface area (TPSA) is 50.7 Å². The fourth-order valence-electron chi connectivity index (χ4n) is 2.40. The summed E-state index contributed by atoms with van der Waals surface area (Å²) in [6, 6.07) is 12.1. The number of carbonyl (C=O) groups is 1. The van der Waals surface area contributed by atoms with E-state index < -0.39 is 10.7 Å². The average molecular weight is 418 g/mol. The van der Waals surface area contributed by atoms with Gasteiger partial charge in [-0.1, -0.05) is 52.5 Å². The number of nitrogens with zero attached hydrogens (tertiary/aromatic N) is 1. The van der Waals surface area contributed by atoms with Crippen LogP contribution in [0.3, 0.4) is 0 Å². The molecule has 0 fully saturated rings. The zero-order valence-corrected chi connectivity index (χ0v) is 15.7. The number of benzene rings is 2. The maximum Gasteiger partial charge on any atom is 0.257 e. The van der Waals surface area contributed by atoms with Crippen molar-refractivity contribution in [2.45, 2.75) is 10.9 Å². The van der Waals surface area contributed by atoms with Crippen molar-refractivity contribution in [3.8, 4) is 0 Å². The van der Waals surface area contributed by atoms with Crippen molar-refractivity contribution in [2.75, 3.05) is 11.9 Å². The molecule has 1 N–H and O–H groups in total. The van der Waals surface area contributed by atoms with Gasteiger partial charge in [-0.2, -0.15) is 0 Å². The number of hydrogen-bond donors (Lipinski definition) is 1. The summed E-state index contributed by atoms with van der Waals surface area (Å²) >= 11 is 23.5. The molecule has 25 heavy (non-hydrogen) atoms. The molecule has 0 aromatic heterocycles. The average Bonchev–Trinajstić information content (AvgIpc) is 3.05. The number of aliphatic imine (C=N–C) groups is 1. The van der Waals surface area contributed by atoms with Crippen LogP contribution in [0.1, 0.15) is 17.2 Å². The van der Waals surface area contributed by atoms with Crippen molar-refractivity contribution in [3.63, 3.8) is 0 Å². The summed E-state index contributed by atoms with van der Waals surface area (Å²) in [5, 5.41) is 3.70. The molecule has 8 heteroatoms. The Bertz CT molecular complexity index is 802. The number of hydrogen-bond acceptors (Lipinski definition) is 3. The van der Waals surface area contributed by atoms with Crippen LogP contribution in [0.2, 0.25) is 10.0 Å². The smallest absolute Gasteiger partial charge is 0.257 e. The van der Waals surface area contributed by atoms with Crippen LogP contribution in [-0.4, -0.2) is 23.2 Å². The zero-order valence-electron chi connectivity index (χ0n) is 12.7. The second kappa shape index (κ2) is 7.83. The number of alkyl halides is 2. The van der Waals surface area contributed by atoms with Gasteiger partial charge >= 0.3 is 0 Å². The highest BCUT2D eigenvalue weighted by Gasteiger charge is 2.25. The van der Waals surface area contributed by atoms with Crippen molar-refractivity contribution in [2.24, 2.45) is 4.99 Å². The molecule has 2 aromatic carbocycles. The molecule has 0 radical (unpaired) electrons. The monoisotopic (exact) mass is 416 g/mol. The number of halogens is 4. The van der Waals surface area contributed by atoms with Crippen LogP contribution in [-0.2, 0) is 9.53 Å². The molecule has 0 aliphatic carbocycles. The molecule has 1 atom stereocenters. The molecule has 0 saturated carbocycles. The van der Waals surface area contributed by atoms with Crippen LogP contribution in [0.4, 0.5) is 5.69 Å². The van der Waals surface area contributed by atoms with E-state index in [-0.39, 0.29) is 6.04 Å². The summed E-state index contributed by atoms with van der Waals surface area (Å²) in [6.45, 7) is 0.359. The van der Waals surface area contributed by atoms with Crippen molar-refractivity contribution in [3.05, 3.63) is 63.6 Å². The highest BCUT2D eigenvalue weighted by atomic mass is 35.5. The van der Waals surface area contributed by atoms with Crippen molar-refractivity contribution < 1.29 is 9.53 Å². The summed E-state index contributed by atoms with van der Waals surface area (Å²) in [5.74, 6) is 0.00499. The third-order valence-electron chi connectivity index (χ3n) is 3.58. The molecule has 0 spiro atoms. The normalized spacial score (nSPS) is 16.5. The molecule has 1 aliphatic heterocycles. The molecule has 1 amide bonds. The number of rotatable bonds is 4. The van der Waals surface area contributed by atoms with E-state index in [9.17, 15) is 4.79 Å². The first-order valence-electron chi connectivity index (χ1n) is 7.29. The summed E-state index contributed by atoms with van der Waals surface area (Å²) < 4.78 is 5.68. The van der Waals surface area contributed by atoms with Gasteiger partial charge in [0.2, 0.25) is 5.90 Å². The summed E-state index contributed by atoms with van der Waals surface area (Å²) in [7, 11) is 0.